The van der Waals surface area contributed by atoms with E-state index < -0.39 is 28.9 Å². The molecule has 29 heavy (non-hydrogen) atoms. The first kappa shape index (κ1) is 21.7. The smallest absolute Gasteiger partial charge is 0.338 e. The molecule has 0 bridgehead atoms. The van der Waals surface area contributed by atoms with Gasteiger partial charge >= 0.3 is 11.9 Å². The van der Waals surface area contributed by atoms with Crippen LogP contribution in [0, 0.1) is 22.5 Å². The van der Waals surface area contributed by atoms with Crippen molar-refractivity contribution in [2.75, 3.05) is 6.61 Å². The molecule has 0 aliphatic carbocycles. The van der Waals surface area contributed by atoms with Crippen molar-refractivity contribution < 1.29 is 24.0 Å². The highest BCUT2D eigenvalue weighted by atomic mass is 16.6. The van der Waals surface area contributed by atoms with Crippen LogP contribution >= 0.6 is 0 Å². The Labute approximate surface area is 168 Å². The number of carbonyl (C=O) groups excluding carboxylic acids is 2. The second-order valence-corrected chi connectivity index (χ2v) is 6.56. The Morgan fingerprint density at radius 1 is 1.31 bits per heavy atom. The molecule has 1 N–H and O–H groups in total. The van der Waals surface area contributed by atoms with Crippen molar-refractivity contribution in [3.05, 3.63) is 62.5 Å². The number of hydrogen-bond acceptors (Lipinski definition) is 7. The summed E-state index contributed by atoms with van der Waals surface area (Å²) in [5.41, 5.74) is 0.872. The van der Waals surface area contributed by atoms with Crippen molar-refractivity contribution in [3.63, 3.8) is 0 Å². The number of rotatable bonds is 6. The number of esters is 2. The van der Waals surface area contributed by atoms with E-state index in [1.807, 2.05) is 0 Å². The van der Waals surface area contributed by atoms with Gasteiger partial charge in [-0.05, 0) is 33.3 Å². The molecule has 1 aromatic carbocycles. The van der Waals surface area contributed by atoms with Crippen LogP contribution in [-0.2, 0) is 19.1 Å². The van der Waals surface area contributed by atoms with Crippen molar-refractivity contribution in [2.24, 2.45) is 0 Å². The number of hydrogen-bond donors (Lipinski definition) is 1. The molecule has 0 amide bonds. The average molecular weight is 398 g/mol. The number of nitro groups is 1. The molecule has 0 saturated carbocycles. The number of benzene rings is 1. The minimum atomic E-state index is -0.979. The summed E-state index contributed by atoms with van der Waals surface area (Å²) in [6, 6.07) is 5.70. The number of nitrogens with zero attached hydrogens (tertiary/aromatic N) is 1. The van der Waals surface area contributed by atoms with E-state index >= 15 is 0 Å². The molecule has 152 valence electrons. The van der Waals surface area contributed by atoms with Gasteiger partial charge in [0.05, 0.1) is 34.7 Å². The number of terminal acetylenes is 1. The fourth-order valence-corrected chi connectivity index (χ4v) is 3.07. The topological polar surface area (TPSA) is 108 Å². The summed E-state index contributed by atoms with van der Waals surface area (Å²) in [6.07, 6.45) is 5.17. The van der Waals surface area contributed by atoms with Crippen LogP contribution < -0.4 is 5.32 Å². The number of carbonyl (C=O) groups is 2. The lowest BCUT2D eigenvalue weighted by atomic mass is 9.80. The van der Waals surface area contributed by atoms with Crippen molar-refractivity contribution >= 4 is 17.6 Å². The number of allylic oxidation sites excluding steroid dienone is 2. The number of non-ortho nitro benzene ring substituents is 1. The largest absolute Gasteiger partial charge is 0.463 e. The van der Waals surface area contributed by atoms with E-state index in [1.54, 1.807) is 33.8 Å². The second kappa shape index (κ2) is 9.06. The van der Waals surface area contributed by atoms with Crippen LogP contribution in [-0.4, -0.2) is 29.6 Å². The van der Waals surface area contributed by atoms with E-state index in [4.69, 9.17) is 15.9 Å². The normalized spacial score (nSPS) is 16.2. The zero-order valence-corrected chi connectivity index (χ0v) is 16.6. The van der Waals surface area contributed by atoms with E-state index in [0.29, 0.717) is 11.3 Å². The molecule has 8 nitrogen and oxygen atoms in total. The first-order valence-electron chi connectivity index (χ1n) is 9.02. The van der Waals surface area contributed by atoms with Crippen LogP contribution in [0.5, 0.6) is 0 Å². The maximum absolute atomic E-state index is 12.9. The van der Waals surface area contributed by atoms with Gasteiger partial charge < -0.3 is 14.8 Å². The summed E-state index contributed by atoms with van der Waals surface area (Å²) < 4.78 is 10.5. The van der Waals surface area contributed by atoms with E-state index in [1.165, 1.54) is 18.2 Å². The van der Waals surface area contributed by atoms with Gasteiger partial charge in [-0.2, -0.15) is 0 Å². The molecule has 1 atom stereocenters. The quantitative estimate of drug-likeness (QED) is 0.340. The predicted octanol–water partition coefficient (Wildman–Crippen LogP) is 2.96. The molecule has 1 aliphatic heterocycles. The lowest BCUT2D eigenvalue weighted by Crippen LogP contribution is -2.33. The summed E-state index contributed by atoms with van der Waals surface area (Å²) in [5.74, 6) is 0.0662. The molecule has 8 heteroatoms. The first-order valence-corrected chi connectivity index (χ1v) is 9.02. The highest BCUT2D eigenvalue weighted by molar-refractivity contribution is 6.00. The molecular formula is C21H22N2O6. The van der Waals surface area contributed by atoms with Gasteiger partial charge in [-0.3, -0.25) is 10.1 Å². The molecule has 2 rings (SSSR count). The number of nitrogens with one attached hydrogen (secondary N) is 1. The number of dihydropyridines is 1. The number of nitro benzene ring substituents is 1. The Morgan fingerprint density at radius 2 is 2.00 bits per heavy atom. The fourth-order valence-electron chi connectivity index (χ4n) is 3.07. The Morgan fingerprint density at radius 3 is 2.55 bits per heavy atom. The van der Waals surface area contributed by atoms with Gasteiger partial charge in [-0.1, -0.05) is 18.1 Å². The van der Waals surface area contributed by atoms with Crippen molar-refractivity contribution in [1.29, 1.82) is 0 Å². The standard InChI is InChI=1S/C21H22N2O6/c1-6-16-19(21(25)29-12(3)4)18(14-9-8-10-15(11-14)23(26)27)17(13(5)22-16)20(24)28-7-2/h1,8-12,18,22H,7H2,2-5H3. The molecule has 1 unspecified atom stereocenters. The third-order valence-electron chi connectivity index (χ3n) is 4.18. The maximum atomic E-state index is 12.9. The van der Waals surface area contributed by atoms with Crippen molar-refractivity contribution in [2.45, 2.75) is 39.7 Å². The summed E-state index contributed by atoms with van der Waals surface area (Å²) in [4.78, 5) is 36.3. The molecule has 0 radical (unpaired) electrons. The summed E-state index contributed by atoms with van der Waals surface area (Å²) >= 11 is 0. The Balaban J connectivity index is 2.75. The zero-order chi connectivity index (χ0) is 21.7. The zero-order valence-electron chi connectivity index (χ0n) is 16.6. The van der Waals surface area contributed by atoms with E-state index in [0.717, 1.165) is 0 Å². The van der Waals surface area contributed by atoms with Gasteiger partial charge in [0.15, 0.2) is 0 Å². The predicted molar refractivity (Wildman–Crippen MR) is 105 cm³/mol. The second-order valence-electron chi connectivity index (χ2n) is 6.56. The molecule has 0 aromatic heterocycles. The highest BCUT2D eigenvalue weighted by Gasteiger charge is 2.39. The van der Waals surface area contributed by atoms with Gasteiger partial charge in [-0.15, -0.1) is 6.42 Å². The molecular weight excluding hydrogens is 376 g/mol. The van der Waals surface area contributed by atoms with E-state index in [-0.39, 0.29) is 29.1 Å². The van der Waals surface area contributed by atoms with Gasteiger partial charge in [-0.25, -0.2) is 9.59 Å². The lowest BCUT2D eigenvalue weighted by molar-refractivity contribution is -0.384. The summed E-state index contributed by atoms with van der Waals surface area (Å²) in [7, 11) is 0. The van der Waals surface area contributed by atoms with Gasteiger partial charge in [0.1, 0.15) is 5.70 Å². The van der Waals surface area contributed by atoms with Crippen LogP contribution in [0.15, 0.2) is 46.8 Å². The van der Waals surface area contributed by atoms with Crippen molar-refractivity contribution in [1.82, 2.24) is 5.32 Å². The molecule has 0 saturated heterocycles. The molecule has 1 heterocycles. The minimum absolute atomic E-state index is 0.0235. The monoisotopic (exact) mass is 398 g/mol. The molecule has 0 spiro atoms. The summed E-state index contributed by atoms with van der Waals surface area (Å²) in [6.45, 7) is 6.76. The maximum Gasteiger partial charge on any atom is 0.338 e. The molecule has 0 fully saturated rings. The van der Waals surface area contributed by atoms with E-state index in [9.17, 15) is 19.7 Å². The van der Waals surface area contributed by atoms with Crippen molar-refractivity contribution in [3.8, 4) is 12.3 Å². The van der Waals surface area contributed by atoms with Crippen LogP contribution in [0.4, 0.5) is 5.69 Å². The van der Waals surface area contributed by atoms with Gasteiger partial charge in [0, 0.05) is 17.8 Å². The SMILES string of the molecule is C#CC1=C(C(=O)OC(C)C)C(c2cccc([N+](=O)[O-])c2)C(C(=O)OCC)=C(C)N1. The fraction of sp³-hybridized carbons (Fsp3) is 0.333. The van der Waals surface area contributed by atoms with Crippen LogP contribution in [0.2, 0.25) is 0 Å². The Kier molecular flexibility index (Phi) is 6.78. The van der Waals surface area contributed by atoms with Crippen LogP contribution in [0.3, 0.4) is 0 Å². The molecule has 1 aromatic rings. The van der Waals surface area contributed by atoms with Crippen LogP contribution in [0.1, 0.15) is 39.2 Å². The lowest BCUT2D eigenvalue weighted by Gasteiger charge is -2.30. The van der Waals surface area contributed by atoms with Crippen LogP contribution in [0.25, 0.3) is 0 Å². The molecule has 1 aliphatic rings. The Bertz CT molecular complexity index is 952. The minimum Gasteiger partial charge on any atom is -0.463 e. The first-order chi connectivity index (χ1) is 13.7. The summed E-state index contributed by atoms with van der Waals surface area (Å²) in [5, 5.41) is 14.1. The third-order valence-corrected chi connectivity index (χ3v) is 4.18. The highest BCUT2D eigenvalue weighted by Crippen LogP contribution is 2.40. The average Bonchev–Trinajstić information content (AvgIpc) is 2.66. The van der Waals surface area contributed by atoms with Gasteiger partial charge in [0.2, 0.25) is 0 Å². The van der Waals surface area contributed by atoms with E-state index in [2.05, 4.69) is 11.2 Å². The Hall–Kier alpha value is -3.60. The van der Waals surface area contributed by atoms with Gasteiger partial charge in [0.25, 0.3) is 5.69 Å². The third kappa shape index (κ3) is 4.63. The number of ether oxygens (including phenoxy) is 2.